The third-order valence-electron chi connectivity index (χ3n) is 3.96. The minimum atomic E-state index is 0.349. The summed E-state index contributed by atoms with van der Waals surface area (Å²) in [7, 11) is 1.85. The standard InChI is InChI=1S/C16H19N7/c1-18-15-8-16(21-11-20-15)23-7-3-5-13(23)10-19-14-6-2-4-12(9-17)22-14/h2,4,6,8,11,13H,3,5,7,10H2,1H3,(H,19,22)(H,18,20,21). The minimum absolute atomic E-state index is 0.349. The molecule has 0 aliphatic carbocycles. The quantitative estimate of drug-likeness (QED) is 0.871. The molecule has 1 fully saturated rings. The highest BCUT2D eigenvalue weighted by atomic mass is 15.3. The van der Waals surface area contributed by atoms with E-state index in [1.165, 1.54) is 0 Å². The Morgan fingerprint density at radius 1 is 1.35 bits per heavy atom. The Balaban J connectivity index is 1.68. The van der Waals surface area contributed by atoms with Crippen molar-refractivity contribution in [2.75, 3.05) is 35.7 Å². The maximum absolute atomic E-state index is 8.91. The molecular weight excluding hydrogens is 290 g/mol. The van der Waals surface area contributed by atoms with Crippen LogP contribution >= 0.6 is 0 Å². The van der Waals surface area contributed by atoms with Crippen molar-refractivity contribution >= 4 is 17.5 Å². The number of hydrogen-bond acceptors (Lipinski definition) is 7. The fourth-order valence-corrected chi connectivity index (χ4v) is 2.81. The number of aromatic nitrogens is 3. The number of anilines is 3. The van der Waals surface area contributed by atoms with E-state index in [1.807, 2.05) is 25.2 Å². The molecule has 1 unspecified atom stereocenters. The van der Waals surface area contributed by atoms with Crippen molar-refractivity contribution in [3.05, 3.63) is 36.3 Å². The van der Waals surface area contributed by atoms with E-state index in [-0.39, 0.29) is 0 Å². The Labute approximate surface area is 135 Å². The zero-order valence-corrected chi connectivity index (χ0v) is 13.0. The number of hydrogen-bond donors (Lipinski definition) is 2. The molecular formula is C16H19N7. The first-order valence-electron chi connectivity index (χ1n) is 7.67. The summed E-state index contributed by atoms with van der Waals surface area (Å²) in [6.07, 6.45) is 3.82. The van der Waals surface area contributed by atoms with Crippen molar-refractivity contribution in [1.29, 1.82) is 5.26 Å². The molecule has 23 heavy (non-hydrogen) atoms. The lowest BCUT2D eigenvalue weighted by Crippen LogP contribution is -2.35. The number of nitrogens with one attached hydrogen (secondary N) is 2. The predicted molar refractivity (Wildman–Crippen MR) is 89.4 cm³/mol. The van der Waals surface area contributed by atoms with Gasteiger partial charge in [-0.3, -0.25) is 0 Å². The average Bonchev–Trinajstić information content (AvgIpc) is 3.09. The van der Waals surface area contributed by atoms with Gasteiger partial charge in [0.2, 0.25) is 0 Å². The number of rotatable bonds is 5. The molecule has 1 saturated heterocycles. The van der Waals surface area contributed by atoms with Crippen LogP contribution in [0.15, 0.2) is 30.6 Å². The Morgan fingerprint density at radius 3 is 3.09 bits per heavy atom. The van der Waals surface area contributed by atoms with Gasteiger partial charge in [-0.05, 0) is 25.0 Å². The summed E-state index contributed by atoms with van der Waals surface area (Å²) < 4.78 is 0. The summed E-state index contributed by atoms with van der Waals surface area (Å²) in [6.45, 7) is 1.75. The summed E-state index contributed by atoms with van der Waals surface area (Å²) in [5, 5.41) is 15.3. The predicted octanol–water partition coefficient (Wildman–Crippen LogP) is 1.87. The molecule has 1 aliphatic rings. The molecule has 2 aromatic heterocycles. The van der Waals surface area contributed by atoms with E-state index >= 15 is 0 Å². The highest BCUT2D eigenvalue weighted by Crippen LogP contribution is 2.25. The molecule has 3 rings (SSSR count). The molecule has 0 amide bonds. The van der Waals surface area contributed by atoms with Crippen LogP contribution in [0.3, 0.4) is 0 Å². The maximum atomic E-state index is 8.91. The average molecular weight is 309 g/mol. The summed E-state index contributed by atoms with van der Waals surface area (Å²) in [5.74, 6) is 2.49. The van der Waals surface area contributed by atoms with Crippen molar-refractivity contribution in [3.8, 4) is 6.07 Å². The highest BCUT2D eigenvalue weighted by molar-refractivity contribution is 5.50. The second-order valence-corrected chi connectivity index (χ2v) is 5.40. The van der Waals surface area contributed by atoms with Crippen LogP contribution in [-0.4, -0.2) is 41.1 Å². The second kappa shape index (κ2) is 6.92. The van der Waals surface area contributed by atoms with Gasteiger partial charge in [0, 0.05) is 32.2 Å². The van der Waals surface area contributed by atoms with Crippen LogP contribution in [-0.2, 0) is 0 Å². The second-order valence-electron chi connectivity index (χ2n) is 5.40. The van der Waals surface area contributed by atoms with Crippen LogP contribution < -0.4 is 15.5 Å². The first-order chi connectivity index (χ1) is 11.3. The van der Waals surface area contributed by atoms with Gasteiger partial charge >= 0.3 is 0 Å². The zero-order chi connectivity index (χ0) is 16.1. The molecule has 1 atom stereocenters. The van der Waals surface area contributed by atoms with Gasteiger partial charge < -0.3 is 15.5 Å². The lowest BCUT2D eigenvalue weighted by atomic mass is 10.2. The molecule has 0 aromatic carbocycles. The van der Waals surface area contributed by atoms with Crippen LogP contribution in [0.2, 0.25) is 0 Å². The van der Waals surface area contributed by atoms with Gasteiger partial charge in [-0.2, -0.15) is 5.26 Å². The Bertz CT molecular complexity index is 710. The van der Waals surface area contributed by atoms with E-state index in [0.29, 0.717) is 11.7 Å². The Kier molecular flexibility index (Phi) is 4.52. The molecule has 0 spiro atoms. The van der Waals surface area contributed by atoms with E-state index in [0.717, 1.165) is 43.4 Å². The zero-order valence-electron chi connectivity index (χ0n) is 13.0. The van der Waals surface area contributed by atoms with Crippen LogP contribution in [0.25, 0.3) is 0 Å². The fraction of sp³-hybridized carbons (Fsp3) is 0.375. The van der Waals surface area contributed by atoms with Crippen LogP contribution in [0.1, 0.15) is 18.5 Å². The summed E-state index contributed by atoms with van der Waals surface area (Å²) in [6, 6.07) is 9.79. The van der Waals surface area contributed by atoms with Crippen molar-refractivity contribution in [2.45, 2.75) is 18.9 Å². The lowest BCUT2D eigenvalue weighted by molar-refractivity contribution is 0.689. The molecule has 7 heteroatoms. The molecule has 3 heterocycles. The van der Waals surface area contributed by atoms with E-state index < -0.39 is 0 Å². The largest absolute Gasteiger partial charge is 0.373 e. The molecule has 0 radical (unpaired) electrons. The SMILES string of the molecule is CNc1cc(N2CCCC2CNc2cccc(C#N)n2)ncn1. The van der Waals surface area contributed by atoms with Gasteiger partial charge in [-0.1, -0.05) is 6.07 Å². The van der Waals surface area contributed by atoms with E-state index in [4.69, 9.17) is 5.26 Å². The first kappa shape index (κ1) is 15.0. The van der Waals surface area contributed by atoms with Crippen molar-refractivity contribution in [3.63, 3.8) is 0 Å². The van der Waals surface area contributed by atoms with Gasteiger partial charge in [0.05, 0.1) is 0 Å². The van der Waals surface area contributed by atoms with E-state index in [9.17, 15) is 0 Å². The van der Waals surface area contributed by atoms with Crippen LogP contribution in [0.4, 0.5) is 17.5 Å². The monoisotopic (exact) mass is 309 g/mol. The van der Waals surface area contributed by atoms with Gasteiger partial charge in [-0.25, -0.2) is 15.0 Å². The highest BCUT2D eigenvalue weighted by Gasteiger charge is 2.25. The van der Waals surface area contributed by atoms with E-state index in [1.54, 1.807) is 12.4 Å². The molecule has 118 valence electrons. The lowest BCUT2D eigenvalue weighted by Gasteiger charge is -2.26. The Morgan fingerprint density at radius 2 is 2.26 bits per heavy atom. The fourth-order valence-electron chi connectivity index (χ4n) is 2.81. The molecule has 0 bridgehead atoms. The van der Waals surface area contributed by atoms with Crippen LogP contribution in [0, 0.1) is 11.3 Å². The van der Waals surface area contributed by atoms with Gasteiger partial charge in [-0.15, -0.1) is 0 Å². The van der Waals surface area contributed by atoms with Crippen LogP contribution in [0.5, 0.6) is 0 Å². The molecule has 1 aliphatic heterocycles. The molecule has 2 N–H and O–H groups in total. The van der Waals surface area contributed by atoms with Crippen molar-refractivity contribution in [1.82, 2.24) is 15.0 Å². The number of pyridine rings is 1. The minimum Gasteiger partial charge on any atom is -0.373 e. The van der Waals surface area contributed by atoms with Crippen molar-refractivity contribution in [2.24, 2.45) is 0 Å². The Hall–Kier alpha value is -2.88. The summed E-state index contributed by atoms with van der Waals surface area (Å²) >= 11 is 0. The van der Waals surface area contributed by atoms with Gasteiger partial charge in [0.1, 0.15) is 35.5 Å². The number of nitrogens with zero attached hydrogens (tertiary/aromatic N) is 5. The van der Waals surface area contributed by atoms with Gasteiger partial charge in [0.25, 0.3) is 0 Å². The normalized spacial score (nSPS) is 16.9. The van der Waals surface area contributed by atoms with Crippen molar-refractivity contribution < 1.29 is 0 Å². The smallest absolute Gasteiger partial charge is 0.142 e. The summed E-state index contributed by atoms with van der Waals surface area (Å²) in [4.78, 5) is 15.1. The van der Waals surface area contributed by atoms with Gasteiger partial charge in [0.15, 0.2) is 0 Å². The van der Waals surface area contributed by atoms with E-state index in [2.05, 4.69) is 36.6 Å². The maximum Gasteiger partial charge on any atom is 0.142 e. The molecule has 2 aromatic rings. The third-order valence-corrected chi connectivity index (χ3v) is 3.96. The molecule has 7 nitrogen and oxygen atoms in total. The first-order valence-corrected chi connectivity index (χ1v) is 7.67. The topological polar surface area (TPSA) is 89.8 Å². The molecule has 0 saturated carbocycles. The summed E-state index contributed by atoms with van der Waals surface area (Å²) in [5.41, 5.74) is 0.424. The number of nitriles is 1. The third kappa shape index (κ3) is 3.48.